The monoisotopic (exact) mass is 316 g/mol. The summed E-state index contributed by atoms with van der Waals surface area (Å²) in [6.07, 6.45) is 2.17. The molecule has 0 unspecified atom stereocenters. The maximum Gasteiger partial charge on any atom is 0.319 e. The third-order valence-electron chi connectivity index (χ3n) is 2.19. The molecule has 2 amide bonds. The SMILES string of the molecule is CS(=O)(=O)NCCNC(=O)Nc1ccc(CC(=O)O)nc1. The van der Waals surface area contributed by atoms with Crippen molar-refractivity contribution in [2.45, 2.75) is 6.42 Å². The Bertz CT molecular complexity index is 600. The van der Waals surface area contributed by atoms with E-state index < -0.39 is 22.0 Å². The lowest BCUT2D eigenvalue weighted by Gasteiger charge is -2.08. The molecule has 0 fully saturated rings. The van der Waals surface area contributed by atoms with E-state index in [0.29, 0.717) is 11.4 Å². The lowest BCUT2D eigenvalue weighted by atomic mass is 10.2. The van der Waals surface area contributed by atoms with E-state index in [1.165, 1.54) is 18.3 Å². The van der Waals surface area contributed by atoms with Crippen LogP contribution in [0, 0.1) is 0 Å². The predicted molar refractivity (Wildman–Crippen MR) is 75.4 cm³/mol. The van der Waals surface area contributed by atoms with Gasteiger partial charge < -0.3 is 15.7 Å². The fraction of sp³-hybridized carbons (Fsp3) is 0.364. The van der Waals surface area contributed by atoms with Gasteiger partial charge in [0.15, 0.2) is 0 Å². The van der Waals surface area contributed by atoms with Crippen molar-refractivity contribution in [2.24, 2.45) is 0 Å². The van der Waals surface area contributed by atoms with Crippen molar-refractivity contribution in [2.75, 3.05) is 24.7 Å². The second-order valence-electron chi connectivity index (χ2n) is 4.16. The average molecular weight is 316 g/mol. The summed E-state index contributed by atoms with van der Waals surface area (Å²) in [5.74, 6) is -0.987. The van der Waals surface area contributed by atoms with Gasteiger partial charge in [0.2, 0.25) is 10.0 Å². The maximum absolute atomic E-state index is 11.5. The number of amides is 2. The fourth-order valence-corrected chi connectivity index (χ4v) is 1.82. The standard InChI is InChI=1S/C11H16N4O5S/c1-21(19,20)14-5-4-12-11(18)15-9-3-2-8(13-7-9)6-10(16)17/h2-3,7,14H,4-6H2,1H3,(H,16,17)(H2,12,15,18). The molecule has 9 nitrogen and oxygen atoms in total. The molecule has 0 aliphatic carbocycles. The Kier molecular flexibility index (Phi) is 6.06. The normalized spacial score (nSPS) is 10.9. The highest BCUT2D eigenvalue weighted by Gasteiger charge is 2.05. The molecule has 21 heavy (non-hydrogen) atoms. The molecule has 0 aliphatic heterocycles. The number of aliphatic carboxylic acids is 1. The minimum atomic E-state index is -3.28. The third-order valence-corrected chi connectivity index (χ3v) is 2.92. The minimum Gasteiger partial charge on any atom is -0.481 e. The first-order valence-electron chi connectivity index (χ1n) is 5.92. The third kappa shape index (κ3) is 7.84. The first-order valence-corrected chi connectivity index (χ1v) is 7.81. The molecular formula is C11H16N4O5S. The van der Waals surface area contributed by atoms with E-state index >= 15 is 0 Å². The van der Waals surface area contributed by atoms with Crippen LogP contribution < -0.4 is 15.4 Å². The zero-order valence-corrected chi connectivity index (χ0v) is 12.1. The summed E-state index contributed by atoms with van der Waals surface area (Å²) in [7, 11) is -3.28. The highest BCUT2D eigenvalue weighted by molar-refractivity contribution is 7.88. The number of carboxylic acid groups (broad SMARTS) is 1. The summed E-state index contributed by atoms with van der Waals surface area (Å²) in [5, 5.41) is 13.5. The number of carboxylic acids is 1. The molecule has 1 aromatic heterocycles. The highest BCUT2D eigenvalue weighted by Crippen LogP contribution is 2.06. The molecule has 116 valence electrons. The number of hydrogen-bond acceptors (Lipinski definition) is 5. The van der Waals surface area contributed by atoms with Gasteiger partial charge in [-0.3, -0.25) is 9.78 Å². The summed E-state index contributed by atoms with van der Waals surface area (Å²) >= 11 is 0. The summed E-state index contributed by atoms with van der Waals surface area (Å²) in [5.41, 5.74) is 0.781. The molecule has 0 spiro atoms. The Morgan fingerprint density at radius 1 is 1.29 bits per heavy atom. The molecular weight excluding hydrogens is 300 g/mol. The molecule has 10 heteroatoms. The smallest absolute Gasteiger partial charge is 0.319 e. The van der Waals surface area contributed by atoms with E-state index in [-0.39, 0.29) is 19.5 Å². The molecule has 0 atom stereocenters. The number of nitrogens with zero attached hydrogens (tertiary/aromatic N) is 1. The van der Waals surface area contributed by atoms with Gasteiger partial charge >= 0.3 is 12.0 Å². The van der Waals surface area contributed by atoms with Crippen LogP contribution in [0.3, 0.4) is 0 Å². The second kappa shape index (κ2) is 7.55. The molecule has 1 heterocycles. The van der Waals surface area contributed by atoms with E-state index in [2.05, 4.69) is 20.3 Å². The lowest BCUT2D eigenvalue weighted by Crippen LogP contribution is -2.36. The van der Waals surface area contributed by atoms with Gasteiger partial charge in [-0.1, -0.05) is 0 Å². The number of pyridine rings is 1. The number of carbonyl (C=O) groups excluding carboxylic acids is 1. The number of aromatic nitrogens is 1. The maximum atomic E-state index is 11.5. The molecule has 1 aromatic rings. The molecule has 0 aromatic carbocycles. The van der Waals surface area contributed by atoms with Crippen molar-refractivity contribution < 1.29 is 23.1 Å². The summed E-state index contributed by atoms with van der Waals surface area (Å²) in [4.78, 5) is 25.8. The Balaban J connectivity index is 2.36. The van der Waals surface area contributed by atoms with Crippen LogP contribution in [0.1, 0.15) is 5.69 Å². The lowest BCUT2D eigenvalue weighted by molar-refractivity contribution is -0.136. The van der Waals surface area contributed by atoms with Crippen molar-refractivity contribution in [1.82, 2.24) is 15.0 Å². The molecule has 0 saturated carbocycles. The van der Waals surface area contributed by atoms with Crippen LogP contribution in [0.4, 0.5) is 10.5 Å². The van der Waals surface area contributed by atoms with Crippen molar-refractivity contribution in [3.8, 4) is 0 Å². The fourth-order valence-electron chi connectivity index (χ4n) is 1.35. The molecule has 1 rings (SSSR count). The van der Waals surface area contributed by atoms with Crippen LogP contribution in [0.2, 0.25) is 0 Å². The van der Waals surface area contributed by atoms with Gasteiger partial charge in [0.25, 0.3) is 0 Å². The van der Waals surface area contributed by atoms with E-state index in [1.54, 1.807) is 0 Å². The Labute approximate surface area is 121 Å². The molecule has 0 bridgehead atoms. The average Bonchev–Trinajstić information content (AvgIpc) is 2.35. The topological polar surface area (TPSA) is 137 Å². The summed E-state index contributed by atoms with van der Waals surface area (Å²) in [6.45, 7) is 0.214. The van der Waals surface area contributed by atoms with Crippen molar-refractivity contribution in [1.29, 1.82) is 0 Å². The minimum absolute atomic E-state index is 0.0854. The van der Waals surface area contributed by atoms with Gasteiger partial charge in [-0.25, -0.2) is 17.9 Å². The number of anilines is 1. The van der Waals surface area contributed by atoms with Gasteiger partial charge in [-0.05, 0) is 12.1 Å². The quantitative estimate of drug-likeness (QED) is 0.495. The summed E-state index contributed by atoms with van der Waals surface area (Å²) in [6, 6.07) is 2.51. The van der Waals surface area contributed by atoms with Crippen molar-refractivity contribution in [3.63, 3.8) is 0 Å². The number of carbonyl (C=O) groups is 2. The van der Waals surface area contributed by atoms with Gasteiger partial charge in [-0.2, -0.15) is 0 Å². The first kappa shape index (κ1) is 16.9. The zero-order chi connectivity index (χ0) is 15.9. The number of hydrogen-bond donors (Lipinski definition) is 4. The van der Waals surface area contributed by atoms with Crippen molar-refractivity contribution >= 4 is 27.7 Å². The Morgan fingerprint density at radius 3 is 2.52 bits per heavy atom. The van der Waals surface area contributed by atoms with Crippen LogP contribution in [-0.2, 0) is 21.2 Å². The predicted octanol–water partition coefficient (Wildman–Crippen LogP) is -0.621. The number of urea groups is 1. The van der Waals surface area contributed by atoms with E-state index in [9.17, 15) is 18.0 Å². The van der Waals surface area contributed by atoms with Gasteiger partial charge in [0, 0.05) is 13.1 Å². The van der Waals surface area contributed by atoms with Crippen LogP contribution in [-0.4, -0.2) is 49.9 Å². The highest BCUT2D eigenvalue weighted by atomic mass is 32.2. The van der Waals surface area contributed by atoms with E-state index in [1.807, 2.05) is 0 Å². The molecule has 0 saturated heterocycles. The second-order valence-corrected chi connectivity index (χ2v) is 5.99. The van der Waals surface area contributed by atoms with Crippen LogP contribution in [0.5, 0.6) is 0 Å². The van der Waals surface area contributed by atoms with E-state index in [0.717, 1.165) is 6.26 Å². The largest absolute Gasteiger partial charge is 0.481 e. The summed E-state index contributed by atoms with van der Waals surface area (Å²) < 4.78 is 23.8. The molecule has 4 N–H and O–H groups in total. The van der Waals surface area contributed by atoms with Crippen molar-refractivity contribution in [3.05, 3.63) is 24.0 Å². The number of rotatable bonds is 7. The number of sulfonamides is 1. The van der Waals surface area contributed by atoms with Crippen LogP contribution in [0.15, 0.2) is 18.3 Å². The molecule has 0 aliphatic rings. The van der Waals surface area contributed by atoms with Gasteiger partial charge in [0.1, 0.15) is 0 Å². The van der Waals surface area contributed by atoms with Crippen LogP contribution in [0.25, 0.3) is 0 Å². The number of nitrogens with one attached hydrogen (secondary N) is 3. The molecule has 0 radical (unpaired) electrons. The van der Waals surface area contributed by atoms with Crippen LogP contribution >= 0.6 is 0 Å². The zero-order valence-electron chi connectivity index (χ0n) is 11.3. The van der Waals surface area contributed by atoms with Gasteiger partial charge in [0.05, 0.1) is 30.3 Å². The first-order chi connectivity index (χ1) is 9.76. The Hall–Kier alpha value is -2.20. The van der Waals surface area contributed by atoms with Gasteiger partial charge in [-0.15, -0.1) is 0 Å². The van der Waals surface area contributed by atoms with E-state index in [4.69, 9.17) is 5.11 Å². The Morgan fingerprint density at radius 2 is 2.00 bits per heavy atom.